The lowest BCUT2D eigenvalue weighted by Gasteiger charge is -2.31. The molecular weight excluding hydrogens is 344 g/mol. The number of nitrogens with one attached hydrogen (secondary N) is 1. The molecule has 3 heteroatoms. The molecule has 1 atom stereocenters. The molecule has 1 aromatic heterocycles. The van der Waals surface area contributed by atoms with Crippen LogP contribution < -0.4 is 5.32 Å². The normalized spacial score (nSPS) is 13.0. The molecule has 0 bridgehead atoms. The van der Waals surface area contributed by atoms with E-state index < -0.39 is 0 Å². The molecule has 2 rings (SSSR count). The summed E-state index contributed by atoms with van der Waals surface area (Å²) in [6.07, 6.45) is 12.4. The molecule has 1 N–H and O–H groups in total. The summed E-state index contributed by atoms with van der Waals surface area (Å²) in [6, 6.07) is 8.65. The highest BCUT2D eigenvalue weighted by Gasteiger charge is 2.27. The number of rotatable bonds is 11. The predicted octanol–water partition coefficient (Wildman–Crippen LogP) is 6.39. The Bertz CT molecular complexity index is 739. The van der Waals surface area contributed by atoms with E-state index >= 15 is 0 Å². The van der Waals surface area contributed by atoms with Gasteiger partial charge in [0.15, 0.2) is 0 Å². The third-order valence-corrected chi connectivity index (χ3v) is 5.79. The Kier molecular flexibility index (Phi) is 8.59. The maximum absolute atomic E-state index is 12.6. The van der Waals surface area contributed by atoms with Crippen LogP contribution in [0.3, 0.4) is 0 Å². The van der Waals surface area contributed by atoms with Crippen molar-refractivity contribution in [2.45, 2.75) is 91.5 Å². The maximum Gasteiger partial charge on any atom is 0.220 e. The number of unbranched alkanes of at least 4 members (excludes halogenated alkanes) is 6. The Morgan fingerprint density at radius 1 is 1.04 bits per heavy atom. The number of benzene rings is 1. The average molecular weight is 385 g/mol. The van der Waals surface area contributed by atoms with Gasteiger partial charge < -0.3 is 9.88 Å². The van der Waals surface area contributed by atoms with E-state index in [0.717, 1.165) is 12.8 Å². The molecule has 156 valence electrons. The summed E-state index contributed by atoms with van der Waals surface area (Å²) >= 11 is 0. The summed E-state index contributed by atoms with van der Waals surface area (Å²) in [4.78, 5) is 12.6. The second kappa shape index (κ2) is 10.7. The van der Waals surface area contributed by atoms with Crippen LogP contribution in [0.4, 0.5) is 0 Å². The molecule has 1 amide bonds. The van der Waals surface area contributed by atoms with Crippen LogP contribution in [0.25, 0.3) is 10.9 Å². The smallest absolute Gasteiger partial charge is 0.220 e. The van der Waals surface area contributed by atoms with Gasteiger partial charge in [0.1, 0.15) is 0 Å². The minimum atomic E-state index is 0.0206. The number of para-hydroxylation sites is 1. The molecule has 1 aromatic carbocycles. The molecule has 0 fully saturated rings. The fourth-order valence-electron chi connectivity index (χ4n) is 3.89. The van der Waals surface area contributed by atoms with Gasteiger partial charge in [-0.05, 0) is 29.9 Å². The zero-order valence-electron chi connectivity index (χ0n) is 18.7. The van der Waals surface area contributed by atoms with E-state index in [-0.39, 0.29) is 17.4 Å². The van der Waals surface area contributed by atoms with Crippen LogP contribution in [0.1, 0.15) is 84.6 Å². The van der Waals surface area contributed by atoms with E-state index in [1.807, 2.05) is 0 Å². The summed E-state index contributed by atoms with van der Waals surface area (Å²) in [7, 11) is 2.09. The van der Waals surface area contributed by atoms with E-state index in [1.54, 1.807) is 0 Å². The monoisotopic (exact) mass is 384 g/mol. The number of aromatic nitrogens is 1. The van der Waals surface area contributed by atoms with Crippen LogP contribution >= 0.6 is 0 Å². The van der Waals surface area contributed by atoms with Crippen molar-refractivity contribution >= 4 is 16.8 Å². The lowest BCUT2D eigenvalue weighted by molar-refractivity contribution is -0.122. The molecule has 0 unspecified atom stereocenters. The number of aryl methyl sites for hydroxylation is 1. The van der Waals surface area contributed by atoms with Crippen molar-refractivity contribution in [3.63, 3.8) is 0 Å². The largest absolute Gasteiger partial charge is 0.353 e. The molecule has 1 heterocycles. The molecule has 0 aliphatic rings. The third kappa shape index (κ3) is 6.68. The van der Waals surface area contributed by atoms with Gasteiger partial charge in [0, 0.05) is 36.6 Å². The first-order valence-corrected chi connectivity index (χ1v) is 11.1. The number of amides is 1. The van der Waals surface area contributed by atoms with E-state index in [1.165, 1.54) is 55.0 Å². The summed E-state index contributed by atoms with van der Waals surface area (Å²) < 4.78 is 2.19. The molecule has 0 saturated heterocycles. The van der Waals surface area contributed by atoms with Crippen LogP contribution in [0.2, 0.25) is 0 Å². The van der Waals surface area contributed by atoms with Gasteiger partial charge in [-0.2, -0.15) is 0 Å². The number of nitrogens with zero attached hydrogens (tertiary/aromatic N) is 1. The van der Waals surface area contributed by atoms with Crippen LogP contribution in [0.5, 0.6) is 0 Å². The maximum atomic E-state index is 12.6. The fraction of sp³-hybridized carbons (Fsp3) is 0.640. The van der Waals surface area contributed by atoms with Crippen molar-refractivity contribution in [2.75, 3.05) is 0 Å². The Balaban J connectivity index is 1.90. The van der Waals surface area contributed by atoms with Crippen LogP contribution in [0.15, 0.2) is 30.5 Å². The molecule has 2 aromatic rings. The zero-order chi connectivity index (χ0) is 20.6. The first kappa shape index (κ1) is 22.5. The summed E-state index contributed by atoms with van der Waals surface area (Å²) in [6.45, 7) is 8.90. The Hall–Kier alpha value is -1.77. The summed E-state index contributed by atoms with van der Waals surface area (Å²) in [5.41, 5.74) is 2.58. The highest BCUT2D eigenvalue weighted by atomic mass is 16.1. The molecule has 28 heavy (non-hydrogen) atoms. The van der Waals surface area contributed by atoms with Gasteiger partial charge in [0.05, 0.1) is 0 Å². The van der Waals surface area contributed by atoms with Crippen molar-refractivity contribution in [3.8, 4) is 0 Å². The van der Waals surface area contributed by atoms with Crippen molar-refractivity contribution in [1.29, 1.82) is 0 Å². The summed E-state index contributed by atoms with van der Waals surface area (Å²) in [5.74, 6) is 0.203. The van der Waals surface area contributed by atoms with Gasteiger partial charge in [-0.1, -0.05) is 84.4 Å². The average Bonchev–Trinajstić information content (AvgIpc) is 2.96. The van der Waals surface area contributed by atoms with E-state index in [0.29, 0.717) is 6.42 Å². The highest BCUT2D eigenvalue weighted by molar-refractivity contribution is 5.84. The standard InChI is InChI=1S/C25H40N2O/c1-6-7-8-9-10-11-12-17-24(28)26-23(25(2,3)4)18-20-19-27(5)22-16-14-13-15-21(20)22/h13-16,19,23H,6-12,17-18H2,1-5H3,(H,26,28)/t23-/m0/s1. The van der Waals surface area contributed by atoms with Crippen molar-refractivity contribution in [1.82, 2.24) is 9.88 Å². The van der Waals surface area contributed by atoms with Crippen molar-refractivity contribution in [2.24, 2.45) is 12.5 Å². The summed E-state index contributed by atoms with van der Waals surface area (Å²) in [5, 5.41) is 4.63. The van der Waals surface area contributed by atoms with Gasteiger partial charge in [-0.25, -0.2) is 0 Å². The van der Waals surface area contributed by atoms with Gasteiger partial charge >= 0.3 is 0 Å². The Labute approximate surface area is 171 Å². The molecule has 0 spiro atoms. The van der Waals surface area contributed by atoms with Gasteiger partial charge in [0.25, 0.3) is 0 Å². The highest BCUT2D eigenvalue weighted by Crippen LogP contribution is 2.27. The van der Waals surface area contributed by atoms with Crippen molar-refractivity contribution < 1.29 is 4.79 Å². The first-order chi connectivity index (χ1) is 13.3. The van der Waals surface area contributed by atoms with E-state index in [2.05, 4.69) is 75.1 Å². The quantitative estimate of drug-likeness (QED) is 0.447. The second-order valence-electron chi connectivity index (χ2n) is 9.34. The zero-order valence-corrected chi connectivity index (χ0v) is 18.7. The van der Waals surface area contributed by atoms with Crippen LogP contribution in [0, 0.1) is 5.41 Å². The van der Waals surface area contributed by atoms with E-state index in [4.69, 9.17) is 0 Å². The molecule has 0 aliphatic heterocycles. The van der Waals surface area contributed by atoms with Crippen LogP contribution in [-0.4, -0.2) is 16.5 Å². The molecular formula is C25H40N2O. The molecule has 0 radical (unpaired) electrons. The van der Waals surface area contributed by atoms with E-state index in [9.17, 15) is 4.79 Å². The number of hydrogen-bond acceptors (Lipinski definition) is 1. The predicted molar refractivity (Wildman–Crippen MR) is 121 cm³/mol. The number of carbonyl (C=O) groups is 1. The first-order valence-electron chi connectivity index (χ1n) is 11.1. The SMILES string of the molecule is CCCCCCCCCC(=O)N[C@@H](Cc1cn(C)c2ccccc12)C(C)(C)C. The Morgan fingerprint density at radius 3 is 2.36 bits per heavy atom. The minimum absolute atomic E-state index is 0.0206. The molecule has 0 saturated carbocycles. The van der Waals surface area contributed by atoms with Crippen molar-refractivity contribution in [3.05, 3.63) is 36.0 Å². The number of fused-ring (bicyclic) bond motifs is 1. The lowest BCUT2D eigenvalue weighted by Crippen LogP contribution is -2.45. The van der Waals surface area contributed by atoms with Gasteiger partial charge in [-0.15, -0.1) is 0 Å². The molecule has 3 nitrogen and oxygen atoms in total. The van der Waals surface area contributed by atoms with Crippen LogP contribution in [-0.2, 0) is 18.3 Å². The third-order valence-electron chi connectivity index (χ3n) is 5.79. The second-order valence-corrected chi connectivity index (χ2v) is 9.34. The topological polar surface area (TPSA) is 34.0 Å². The van der Waals surface area contributed by atoms with Gasteiger partial charge in [0.2, 0.25) is 5.91 Å². The molecule has 0 aliphatic carbocycles. The minimum Gasteiger partial charge on any atom is -0.353 e. The number of hydrogen-bond donors (Lipinski definition) is 1. The lowest BCUT2D eigenvalue weighted by atomic mass is 9.83. The fourth-order valence-corrected chi connectivity index (χ4v) is 3.89. The van der Waals surface area contributed by atoms with Gasteiger partial charge in [-0.3, -0.25) is 4.79 Å². The number of carbonyl (C=O) groups excluding carboxylic acids is 1. The Morgan fingerprint density at radius 2 is 1.68 bits per heavy atom.